The lowest BCUT2D eigenvalue weighted by Gasteiger charge is -2.27. The van der Waals surface area contributed by atoms with Crippen molar-refractivity contribution in [2.24, 2.45) is 5.92 Å². The summed E-state index contributed by atoms with van der Waals surface area (Å²) in [6.45, 7) is 11.4. The lowest BCUT2D eigenvalue weighted by Crippen LogP contribution is -2.42. The van der Waals surface area contributed by atoms with Crippen LogP contribution in [-0.4, -0.2) is 23.3 Å². The van der Waals surface area contributed by atoms with Crippen LogP contribution >= 0.6 is 0 Å². The van der Waals surface area contributed by atoms with Gasteiger partial charge in [0.25, 0.3) is 0 Å². The van der Waals surface area contributed by atoms with Gasteiger partial charge in [-0.1, -0.05) is 46.5 Å². The highest BCUT2D eigenvalue weighted by atomic mass is 16.3. The molecule has 2 N–H and O–H groups in total. The van der Waals surface area contributed by atoms with Gasteiger partial charge in [0.05, 0.1) is 5.60 Å². The van der Waals surface area contributed by atoms with Crippen LogP contribution < -0.4 is 5.32 Å². The van der Waals surface area contributed by atoms with Gasteiger partial charge in [-0.15, -0.1) is 0 Å². The van der Waals surface area contributed by atoms with Crippen LogP contribution in [0.4, 0.5) is 0 Å². The van der Waals surface area contributed by atoms with Crippen molar-refractivity contribution in [2.45, 2.75) is 84.8 Å². The Labute approximate surface area is 108 Å². The summed E-state index contributed by atoms with van der Waals surface area (Å²) in [5, 5.41) is 13.6. The zero-order chi connectivity index (χ0) is 13.3. The average Bonchev–Trinajstić information content (AvgIpc) is 2.20. The molecule has 0 aliphatic carbocycles. The molecule has 2 unspecified atom stereocenters. The van der Waals surface area contributed by atoms with E-state index < -0.39 is 5.60 Å². The van der Waals surface area contributed by atoms with Gasteiger partial charge >= 0.3 is 0 Å². The monoisotopic (exact) mass is 243 g/mol. The molecule has 0 bridgehead atoms. The summed E-state index contributed by atoms with van der Waals surface area (Å²) >= 11 is 0. The van der Waals surface area contributed by atoms with Crippen LogP contribution in [0, 0.1) is 5.92 Å². The first-order valence-corrected chi connectivity index (χ1v) is 7.33. The van der Waals surface area contributed by atoms with Crippen molar-refractivity contribution >= 4 is 0 Å². The largest absolute Gasteiger partial charge is 0.389 e. The fourth-order valence-electron chi connectivity index (χ4n) is 2.33. The molecule has 0 saturated carbocycles. The Hall–Kier alpha value is -0.0800. The van der Waals surface area contributed by atoms with Crippen molar-refractivity contribution in [3.63, 3.8) is 0 Å². The second-order valence-corrected chi connectivity index (χ2v) is 6.23. The molecular weight excluding hydrogens is 210 g/mol. The van der Waals surface area contributed by atoms with E-state index in [0.29, 0.717) is 18.5 Å². The van der Waals surface area contributed by atoms with Gasteiger partial charge in [0, 0.05) is 12.6 Å². The average molecular weight is 243 g/mol. The Balaban J connectivity index is 3.64. The minimum Gasteiger partial charge on any atom is -0.389 e. The highest BCUT2D eigenvalue weighted by Gasteiger charge is 2.21. The predicted molar refractivity (Wildman–Crippen MR) is 76.3 cm³/mol. The second kappa shape index (κ2) is 8.93. The quantitative estimate of drug-likeness (QED) is 0.573. The van der Waals surface area contributed by atoms with Crippen LogP contribution in [-0.2, 0) is 0 Å². The van der Waals surface area contributed by atoms with Crippen LogP contribution in [0.2, 0.25) is 0 Å². The van der Waals surface area contributed by atoms with Crippen molar-refractivity contribution in [2.75, 3.05) is 6.54 Å². The van der Waals surface area contributed by atoms with Crippen molar-refractivity contribution in [3.05, 3.63) is 0 Å². The van der Waals surface area contributed by atoms with Gasteiger partial charge in [-0.2, -0.15) is 0 Å². The van der Waals surface area contributed by atoms with Crippen LogP contribution in [0.25, 0.3) is 0 Å². The number of hydrogen-bond acceptors (Lipinski definition) is 2. The maximum Gasteiger partial charge on any atom is 0.0746 e. The Morgan fingerprint density at radius 1 is 1.12 bits per heavy atom. The Morgan fingerprint density at radius 3 is 2.29 bits per heavy atom. The molecule has 0 aliphatic heterocycles. The molecule has 0 saturated heterocycles. The molecule has 0 aromatic rings. The molecule has 0 spiro atoms. The number of aliphatic hydroxyl groups is 1. The second-order valence-electron chi connectivity index (χ2n) is 6.23. The zero-order valence-corrected chi connectivity index (χ0v) is 12.6. The van der Waals surface area contributed by atoms with E-state index >= 15 is 0 Å². The lowest BCUT2D eigenvalue weighted by atomic mass is 9.94. The molecule has 0 heterocycles. The molecule has 2 atom stereocenters. The molecule has 17 heavy (non-hydrogen) atoms. The molecule has 0 aromatic carbocycles. The first-order chi connectivity index (χ1) is 7.87. The van der Waals surface area contributed by atoms with E-state index in [1.807, 2.05) is 6.92 Å². The lowest BCUT2D eigenvalue weighted by molar-refractivity contribution is 0.0361. The Morgan fingerprint density at radius 2 is 1.76 bits per heavy atom. The molecule has 2 heteroatoms. The fourth-order valence-corrected chi connectivity index (χ4v) is 2.33. The van der Waals surface area contributed by atoms with Crippen molar-refractivity contribution in [1.29, 1.82) is 0 Å². The number of nitrogens with one attached hydrogen (secondary N) is 1. The third kappa shape index (κ3) is 10.8. The van der Waals surface area contributed by atoms with Crippen molar-refractivity contribution in [3.8, 4) is 0 Å². The van der Waals surface area contributed by atoms with E-state index in [1.165, 1.54) is 32.1 Å². The van der Waals surface area contributed by atoms with Crippen molar-refractivity contribution < 1.29 is 5.11 Å². The molecule has 104 valence electrons. The summed E-state index contributed by atoms with van der Waals surface area (Å²) in [7, 11) is 0. The van der Waals surface area contributed by atoms with Crippen LogP contribution in [0.1, 0.15) is 73.1 Å². The Kier molecular flexibility index (Phi) is 8.89. The molecule has 0 radical (unpaired) electrons. The maximum absolute atomic E-state index is 10.2. The van der Waals surface area contributed by atoms with Gasteiger partial charge < -0.3 is 10.4 Å². The van der Waals surface area contributed by atoms with Gasteiger partial charge in [0.15, 0.2) is 0 Å². The van der Waals surface area contributed by atoms with Gasteiger partial charge in [0.1, 0.15) is 0 Å². The number of hydrogen-bond donors (Lipinski definition) is 2. The SMILES string of the molecule is CCCCCCC(C)NCC(C)(O)CC(C)C. The third-order valence-electron chi connectivity index (χ3n) is 3.17. The fraction of sp³-hybridized carbons (Fsp3) is 1.00. The summed E-state index contributed by atoms with van der Waals surface area (Å²) < 4.78 is 0. The highest BCUT2D eigenvalue weighted by Crippen LogP contribution is 2.15. The minimum absolute atomic E-state index is 0.519. The normalized spacial score (nSPS) is 17.1. The summed E-state index contributed by atoms with van der Waals surface area (Å²) in [5.41, 5.74) is -0.564. The van der Waals surface area contributed by atoms with E-state index in [-0.39, 0.29) is 0 Å². The molecule has 0 rings (SSSR count). The zero-order valence-electron chi connectivity index (χ0n) is 12.6. The summed E-state index contributed by atoms with van der Waals surface area (Å²) in [6.07, 6.45) is 7.36. The molecule has 0 amide bonds. The van der Waals surface area contributed by atoms with E-state index in [2.05, 4.69) is 33.0 Å². The minimum atomic E-state index is -0.564. The molecule has 0 aromatic heterocycles. The maximum atomic E-state index is 10.2. The summed E-state index contributed by atoms with van der Waals surface area (Å²) in [4.78, 5) is 0. The van der Waals surface area contributed by atoms with E-state index in [9.17, 15) is 5.11 Å². The Bertz CT molecular complexity index is 178. The smallest absolute Gasteiger partial charge is 0.0746 e. The van der Waals surface area contributed by atoms with E-state index in [1.54, 1.807) is 0 Å². The number of rotatable bonds is 10. The van der Waals surface area contributed by atoms with Gasteiger partial charge in [-0.25, -0.2) is 0 Å². The molecule has 0 aliphatic rings. The van der Waals surface area contributed by atoms with E-state index in [0.717, 1.165) is 6.42 Å². The van der Waals surface area contributed by atoms with Crippen molar-refractivity contribution in [1.82, 2.24) is 5.32 Å². The first-order valence-electron chi connectivity index (χ1n) is 7.33. The van der Waals surface area contributed by atoms with Gasteiger partial charge in [-0.05, 0) is 32.6 Å². The number of unbranched alkanes of at least 4 members (excludes halogenated alkanes) is 3. The topological polar surface area (TPSA) is 32.3 Å². The van der Waals surface area contributed by atoms with Crippen LogP contribution in [0.5, 0.6) is 0 Å². The van der Waals surface area contributed by atoms with Crippen LogP contribution in [0.15, 0.2) is 0 Å². The van der Waals surface area contributed by atoms with Crippen LogP contribution in [0.3, 0.4) is 0 Å². The molecule has 0 fully saturated rings. The standard InChI is InChI=1S/C15H33NO/c1-6-7-8-9-10-14(4)16-12-15(5,17)11-13(2)3/h13-14,16-17H,6-12H2,1-5H3. The summed E-state index contributed by atoms with van der Waals surface area (Å²) in [6, 6.07) is 0.519. The first kappa shape index (κ1) is 16.9. The summed E-state index contributed by atoms with van der Waals surface area (Å²) in [5.74, 6) is 0.548. The molecular formula is C15H33NO. The highest BCUT2D eigenvalue weighted by molar-refractivity contribution is 4.78. The van der Waals surface area contributed by atoms with Gasteiger partial charge in [-0.3, -0.25) is 0 Å². The van der Waals surface area contributed by atoms with E-state index in [4.69, 9.17) is 0 Å². The predicted octanol–water partition coefficient (Wildman–Crippen LogP) is 3.73. The molecule has 2 nitrogen and oxygen atoms in total. The third-order valence-corrected chi connectivity index (χ3v) is 3.17. The van der Waals surface area contributed by atoms with Gasteiger partial charge in [0.2, 0.25) is 0 Å².